The van der Waals surface area contributed by atoms with E-state index in [-0.39, 0.29) is 12.6 Å². The number of rotatable bonds is 6. The molecule has 0 heterocycles. The summed E-state index contributed by atoms with van der Waals surface area (Å²) in [5.41, 5.74) is 6.93. The van der Waals surface area contributed by atoms with E-state index in [9.17, 15) is 4.79 Å². The van der Waals surface area contributed by atoms with E-state index >= 15 is 0 Å². The molecule has 2 rings (SSSR count). The third kappa shape index (κ3) is 5.27. The highest BCUT2D eigenvalue weighted by atomic mass is 16.6. The van der Waals surface area contributed by atoms with Crippen LogP contribution in [-0.4, -0.2) is 32.3 Å². The SMILES string of the molecule is COC(=O)COc1cccc(NC[C@H]2CC[C@H](N)CC2)c1. The van der Waals surface area contributed by atoms with Crippen molar-refractivity contribution in [2.24, 2.45) is 11.7 Å². The van der Waals surface area contributed by atoms with Crippen LogP contribution in [0.5, 0.6) is 5.75 Å². The average molecular weight is 292 g/mol. The Hall–Kier alpha value is -1.75. The molecule has 1 fully saturated rings. The lowest BCUT2D eigenvalue weighted by Gasteiger charge is -2.26. The maximum absolute atomic E-state index is 11.1. The molecule has 0 unspecified atom stereocenters. The highest BCUT2D eigenvalue weighted by molar-refractivity contribution is 5.70. The Labute approximate surface area is 125 Å². The zero-order chi connectivity index (χ0) is 15.1. The summed E-state index contributed by atoms with van der Waals surface area (Å²) in [6, 6.07) is 8.02. The van der Waals surface area contributed by atoms with Crippen LogP contribution in [0.4, 0.5) is 5.69 Å². The number of nitrogens with one attached hydrogen (secondary N) is 1. The van der Waals surface area contributed by atoms with Crippen molar-refractivity contribution in [1.82, 2.24) is 0 Å². The van der Waals surface area contributed by atoms with Crippen LogP contribution in [0.3, 0.4) is 0 Å². The third-order valence-electron chi connectivity index (χ3n) is 3.90. The number of carbonyl (C=O) groups excluding carboxylic acids is 1. The molecule has 0 atom stereocenters. The minimum Gasteiger partial charge on any atom is -0.482 e. The highest BCUT2D eigenvalue weighted by Crippen LogP contribution is 2.24. The van der Waals surface area contributed by atoms with Gasteiger partial charge in [0.2, 0.25) is 0 Å². The molecular weight excluding hydrogens is 268 g/mol. The molecule has 0 aliphatic heterocycles. The molecule has 0 amide bonds. The number of hydrogen-bond acceptors (Lipinski definition) is 5. The number of hydrogen-bond donors (Lipinski definition) is 2. The molecule has 0 aromatic heterocycles. The molecule has 1 aliphatic rings. The molecule has 0 saturated heterocycles. The monoisotopic (exact) mass is 292 g/mol. The van der Waals surface area contributed by atoms with E-state index in [0.29, 0.717) is 17.7 Å². The number of benzene rings is 1. The van der Waals surface area contributed by atoms with E-state index in [4.69, 9.17) is 10.5 Å². The predicted octanol–water partition coefficient (Wildman–Crippen LogP) is 2.17. The second-order valence-electron chi connectivity index (χ2n) is 5.55. The minimum absolute atomic E-state index is 0.0690. The van der Waals surface area contributed by atoms with Gasteiger partial charge in [-0.25, -0.2) is 4.79 Å². The predicted molar refractivity (Wildman–Crippen MR) is 82.4 cm³/mol. The Bertz CT molecular complexity index is 457. The van der Waals surface area contributed by atoms with Crippen molar-refractivity contribution in [2.75, 3.05) is 25.6 Å². The standard InChI is InChI=1S/C16H24N2O3/c1-20-16(19)11-21-15-4-2-3-14(9-15)18-10-12-5-7-13(17)8-6-12/h2-4,9,12-13,18H,5-8,10-11,17H2,1H3/t12-,13-. The summed E-state index contributed by atoms with van der Waals surface area (Å²) in [5, 5.41) is 3.43. The van der Waals surface area contributed by atoms with Crippen molar-refractivity contribution in [3.05, 3.63) is 24.3 Å². The molecule has 116 valence electrons. The highest BCUT2D eigenvalue weighted by Gasteiger charge is 2.18. The van der Waals surface area contributed by atoms with Crippen LogP contribution in [0, 0.1) is 5.92 Å². The van der Waals surface area contributed by atoms with Gasteiger partial charge < -0.3 is 20.5 Å². The second-order valence-corrected chi connectivity index (χ2v) is 5.55. The van der Waals surface area contributed by atoms with Crippen LogP contribution in [0.25, 0.3) is 0 Å². The van der Waals surface area contributed by atoms with Gasteiger partial charge in [-0.2, -0.15) is 0 Å². The Kier molecular flexibility index (Phi) is 5.87. The third-order valence-corrected chi connectivity index (χ3v) is 3.90. The molecular formula is C16H24N2O3. The summed E-state index contributed by atoms with van der Waals surface area (Å²) >= 11 is 0. The normalized spacial score (nSPS) is 21.6. The number of anilines is 1. The van der Waals surface area contributed by atoms with Crippen molar-refractivity contribution >= 4 is 11.7 Å². The quantitative estimate of drug-likeness (QED) is 0.786. The van der Waals surface area contributed by atoms with E-state index in [1.54, 1.807) is 0 Å². The maximum atomic E-state index is 11.1. The van der Waals surface area contributed by atoms with E-state index < -0.39 is 0 Å². The fourth-order valence-electron chi connectivity index (χ4n) is 2.55. The largest absolute Gasteiger partial charge is 0.482 e. The van der Waals surface area contributed by atoms with Crippen molar-refractivity contribution in [1.29, 1.82) is 0 Å². The molecule has 5 heteroatoms. The van der Waals surface area contributed by atoms with Gasteiger partial charge in [-0.3, -0.25) is 0 Å². The zero-order valence-electron chi connectivity index (χ0n) is 12.5. The molecule has 1 aliphatic carbocycles. The van der Waals surface area contributed by atoms with E-state index in [1.165, 1.54) is 20.0 Å². The first-order chi connectivity index (χ1) is 10.2. The van der Waals surface area contributed by atoms with E-state index in [1.807, 2.05) is 24.3 Å². The molecule has 1 aromatic carbocycles. The van der Waals surface area contributed by atoms with Gasteiger partial charge in [-0.1, -0.05) is 6.07 Å². The number of ether oxygens (including phenoxy) is 2. The van der Waals surface area contributed by atoms with Crippen molar-refractivity contribution < 1.29 is 14.3 Å². The van der Waals surface area contributed by atoms with Crippen LogP contribution in [0.2, 0.25) is 0 Å². The summed E-state index contributed by atoms with van der Waals surface area (Å²) in [6.45, 7) is 0.883. The first-order valence-corrected chi connectivity index (χ1v) is 7.46. The first-order valence-electron chi connectivity index (χ1n) is 7.46. The molecule has 21 heavy (non-hydrogen) atoms. The maximum Gasteiger partial charge on any atom is 0.343 e. The van der Waals surface area contributed by atoms with Gasteiger partial charge in [0.05, 0.1) is 7.11 Å². The lowest BCUT2D eigenvalue weighted by Crippen LogP contribution is -2.29. The Morgan fingerprint density at radius 2 is 2.10 bits per heavy atom. The Morgan fingerprint density at radius 3 is 2.81 bits per heavy atom. The van der Waals surface area contributed by atoms with Crippen LogP contribution >= 0.6 is 0 Å². The molecule has 0 bridgehead atoms. The van der Waals surface area contributed by atoms with Gasteiger partial charge in [0.25, 0.3) is 0 Å². The fraction of sp³-hybridized carbons (Fsp3) is 0.562. The minimum atomic E-state index is -0.382. The number of methoxy groups -OCH3 is 1. The topological polar surface area (TPSA) is 73.6 Å². The summed E-state index contributed by atoms with van der Waals surface area (Å²) in [7, 11) is 1.35. The lowest BCUT2D eigenvalue weighted by molar-refractivity contribution is -0.142. The van der Waals surface area contributed by atoms with E-state index in [0.717, 1.165) is 25.1 Å². The smallest absolute Gasteiger partial charge is 0.343 e. The van der Waals surface area contributed by atoms with Gasteiger partial charge in [0.1, 0.15) is 5.75 Å². The first kappa shape index (κ1) is 15.6. The lowest BCUT2D eigenvalue weighted by atomic mass is 9.86. The number of nitrogens with two attached hydrogens (primary N) is 1. The van der Waals surface area contributed by atoms with Gasteiger partial charge >= 0.3 is 5.97 Å². The number of esters is 1. The summed E-state index contributed by atoms with van der Waals surface area (Å²) in [5.74, 6) is 0.965. The van der Waals surface area contributed by atoms with Crippen LogP contribution < -0.4 is 15.8 Å². The molecule has 0 radical (unpaired) electrons. The van der Waals surface area contributed by atoms with Crippen LogP contribution in [-0.2, 0) is 9.53 Å². The van der Waals surface area contributed by atoms with Crippen molar-refractivity contribution in [3.8, 4) is 5.75 Å². The Balaban J connectivity index is 1.79. The fourth-order valence-corrected chi connectivity index (χ4v) is 2.55. The van der Waals surface area contributed by atoms with E-state index in [2.05, 4.69) is 10.1 Å². The van der Waals surface area contributed by atoms with Crippen molar-refractivity contribution in [2.45, 2.75) is 31.7 Å². The Morgan fingerprint density at radius 1 is 1.33 bits per heavy atom. The summed E-state index contributed by atoms with van der Waals surface area (Å²) < 4.78 is 9.92. The van der Waals surface area contributed by atoms with Gasteiger partial charge in [0.15, 0.2) is 6.61 Å². The molecule has 0 spiro atoms. The summed E-state index contributed by atoms with van der Waals surface area (Å²) in [6.07, 6.45) is 4.61. The summed E-state index contributed by atoms with van der Waals surface area (Å²) in [4.78, 5) is 11.1. The molecule has 3 N–H and O–H groups in total. The zero-order valence-corrected chi connectivity index (χ0v) is 12.5. The average Bonchev–Trinajstić information content (AvgIpc) is 2.52. The molecule has 1 aromatic rings. The van der Waals surface area contributed by atoms with Gasteiger partial charge in [-0.15, -0.1) is 0 Å². The van der Waals surface area contributed by atoms with Crippen LogP contribution in [0.1, 0.15) is 25.7 Å². The second kappa shape index (κ2) is 7.88. The van der Waals surface area contributed by atoms with Crippen molar-refractivity contribution in [3.63, 3.8) is 0 Å². The van der Waals surface area contributed by atoms with Gasteiger partial charge in [-0.05, 0) is 43.7 Å². The van der Waals surface area contributed by atoms with Gasteiger partial charge in [0, 0.05) is 24.3 Å². The number of carbonyl (C=O) groups is 1. The molecule has 5 nitrogen and oxygen atoms in total. The molecule has 1 saturated carbocycles. The van der Waals surface area contributed by atoms with Crippen LogP contribution in [0.15, 0.2) is 24.3 Å².